The zero-order chi connectivity index (χ0) is 17.8. The number of hydrogen-bond acceptors (Lipinski definition) is 4. The molecule has 1 aromatic carbocycles. The summed E-state index contributed by atoms with van der Waals surface area (Å²) in [7, 11) is 0. The lowest BCUT2D eigenvalue weighted by Crippen LogP contribution is -2.25. The maximum atomic E-state index is 12.2. The van der Waals surface area contributed by atoms with E-state index >= 15 is 0 Å². The summed E-state index contributed by atoms with van der Waals surface area (Å²) in [6.45, 7) is 0.217. The fourth-order valence-corrected chi connectivity index (χ4v) is 2.73. The first kappa shape index (κ1) is 17.4. The number of aliphatic hydroxyl groups excluding tert-OH is 2. The van der Waals surface area contributed by atoms with Gasteiger partial charge in [0.05, 0.1) is 23.6 Å². The molecule has 1 amide bonds. The standard InChI is InChI=1S/C18H18ClN3O3/c19-14-5-2-12(3-6-14)17-15(11-24)22-10-13(4-7-16(22)21-17)18(25)20-8-1-9-23/h2-7,10,23-24H,1,8-9,11H2,(H,20,25). The van der Waals surface area contributed by atoms with Gasteiger partial charge >= 0.3 is 0 Å². The molecule has 0 spiro atoms. The van der Waals surface area contributed by atoms with Crippen molar-refractivity contribution in [2.75, 3.05) is 13.2 Å². The molecule has 3 rings (SSSR count). The summed E-state index contributed by atoms with van der Waals surface area (Å²) in [4.78, 5) is 16.7. The van der Waals surface area contributed by atoms with Crippen LogP contribution in [0.15, 0.2) is 42.6 Å². The van der Waals surface area contributed by atoms with Crippen LogP contribution < -0.4 is 5.32 Å². The normalized spacial score (nSPS) is 11.0. The first-order valence-corrected chi connectivity index (χ1v) is 8.28. The number of nitrogens with one attached hydrogen (secondary N) is 1. The Hall–Kier alpha value is -2.41. The molecule has 3 N–H and O–H groups in total. The number of carbonyl (C=O) groups excluding carboxylic acids is 1. The minimum absolute atomic E-state index is 0.0277. The second-order valence-corrected chi connectivity index (χ2v) is 5.99. The molecule has 3 aromatic rings. The van der Waals surface area contributed by atoms with Gasteiger partial charge in [-0.2, -0.15) is 0 Å². The number of carbonyl (C=O) groups is 1. The van der Waals surface area contributed by atoms with Crippen LogP contribution in [0.1, 0.15) is 22.5 Å². The van der Waals surface area contributed by atoms with Crippen LogP contribution in [0.25, 0.3) is 16.9 Å². The number of aromatic nitrogens is 2. The summed E-state index contributed by atoms with van der Waals surface area (Å²) in [6.07, 6.45) is 2.16. The summed E-state index contributed by atoms with van der Waals surface area (Å²) in [5.74, 6) is -0.235. The van der Waals surface area contributed by atoms with E-state index < -0.39 is 0 Å². The van der Waals surface area contributed by atoms with Gasteiger partial charge in [0, 0.05) is 29.9 Å². The molecule has 0 atom stereocenters. The summed E-state index contributed by atoms with van der Waals surface area (Å²) < 4.78 is 1.71. The van der Waals surface area contributed by atoms with Crippen molar-refractivity contribution in [3.8, 4) is 11.3 Å². The summed E-state index contributed by atoms with van der Waals surface area (Å²) in [5.41, 5.74) is 3.19. The highest BCUT2D eigenvalue weighted by Crippen LogP contribution is 2.26. The van der Waals surface area contributed by atoms with E-state index in [1.165, 1.54) is 0 Å². The molecule has 0 aliphatic rings. The van der Waals surface area contributed by atoms with Gasteiger partial charge in [0.25, 0.3) is 5.91 Å². The van der Waals surface area contributed by atoms with Crippen molar-refractivity contribution in [2.24, 2.45) is 0 Å². The molecule has 0 saturated heterocycles. The van der Waals surface area contributed by atoms with Crippen molar-refractivity contribution in [3.63, 3.8) is 0 Å². The predicted octanol–water partition coefficient (Wildman–Crippen LogP) is 2.26. The Balaban J connectivity index is 1.99. The largest absolute Gasteiger partial charge is 0.396 e. The first-order valence-electron chi connectivity index (χ1n) is 7.91. The Morgan fingerprint density at radius 1 is 1.16 bits per heavy atom. The second-order valence-electron chi connectivity index (χ2n) is 5.55. The fraction of sp³-hybridized carbons (Fsp3) is 0.222. The Morgan fingerprint density at radius 3 is 2.60 bits per heavy atom. The summed E-state index contributed by atoms with van der Waals surface area (Å²) in [5, 5.41) is 22.0. The molecule has 0 radical (unpaired) electrons. The molecule has 7 heteroatoms. The highest BCUT2D eigenvalue weighted by molar-refractivity contribution is 6.30. The number of pyridine rings is 1. The van der Waals surface area contributed by atoms with Crippen LogP contribution in [0.2, 0.25) is 5.02 Å². The number of benzene rings is 1. The average Bonchev–Trinajstić information content (AvgIpc) is 3.00. The number of fused-ring (bicyclic) bond motifs is 1. The summed E-state index contributed by atoms with van der Waals surface area (Å²) >= 11 is 5.92. The SMILES string of the molecule is O=C(NCCCO)c1ccc2nc(-c3ccc(Cl)cc3)c(CO)n2c1. The number of imidazole rings is 1. The first-order chi connectivity index (χ1) is 12.1. The molecule has 0 unspecified atom stereocenters. The zero-order valence-electron chi connectivity index (χ0n) is 13.4. The van der Waals surface area contributed by atoms with Gasteiger partial charge in [0.15, 0.2) is 0 Å². The molecular weight excluding hydrogens is 342 g/mol. The number of hydrogen-bond donors (Lipinski definition) is 3. The van der Waals surface area contributed by atoms with Crippen LogP contribution in [-0.2, 0) is 6.61 Å². The van der Waals surface area contributed by atoms with Gasteiger partial charge in [-0.1, -0.05) is 23.7 Å². The van der Waals surface area contributed by atoms with E-state index in [-0.39, 0.29) is 19.1 Å². The Morgan fingerprint density at radius 2 is 1.92 bits per heavy atom. The van der Waals surface area contributed by atoms with Gasteiger partial charge in [0.1, 0.15) is 5.65 Å². The molecule has 2 aromatic heterocycles. The van der Waals surface area contributed by atoms with Gasteiger partial charge in [-0.25, -0.2) is 4.98 Å². The lowest BCUT2D eigenvalue weighted by molar-refractivity contribution is 0.0950. The molecule has 6 nitrogen and oxygen atoms in total. The third kappa shape index (κ3) is 3.66. The third-order valence-corrected chi connectivity index (χ3v) is 4.12. The van der Waals surface area contributed by atoms with Crippen LogP contribution >= 0.6 is 11.6 Å². The van der Waals surface area contributed by atoms with Crippen LogP contribution in [0.4, 0.5) is 0 Å². The van der Waals surface area contributed by atoms with Crippen molar-refractivity contribution >= 4 is 23.2 Å². The molecule has 0 aliphatic carbocycles. The molecule has 25 heavy (non-hydrogen) atoms. The van der Waals surface area contributed by atoms with Gasteiger partial charge in [-0.15, -0.1) is 0 Å². The van der Waals surface area contributed by atoms with Crippen molar-refractivity contribution in [3.05, 3.63) is 58.9 Å². The number of amides is 1. The molecule has 0 saturated carbocycles. The molecule has 0 bridgehead atoms. The van der Waals surface area contributed by atoms with Crippen molar-refractivity contribution in [1.82, 2.24) is 14.7 Å². The van der Waals surface area contributed by atoms with Gasteiger partial charge in [0.2, 0.25) is 0 Å². The van der Waals surface area contributed by atoms with Crippen LogP contribution in [0, 0.1) is 0 Å². The average molecular weight is 360 g/mol. The smallest absolute Gasteiger partial charge is 0.252 e. The topological polar surface area (TPSA) is 86.9 Å². The number of aliphatic hydroxyl groups is 2. The number of halogens is 1. The van der Waals surface area contributed by atoms with E-state index in [0.29, 0.717) is 40.6 Å². The van der Waals surface area contributed by atoms with Crippen LogP contribution in [0.3, 0.4) is 0 Å². The Labute approximate surface area is 149 Å². The lowest BCUT2D eigenvalue weighted by atomic mass is 10.1. The second kappa shape index (κ2) is 7.65. The van der Waals surface area contributed by atoms with Crippen molar-refractivity contribution < 1.29 is 15.0 Å². The van der Waals surface area contributed by atoms with Gasteiger partial charge < -0.3 is 19.9 Å². The molecule has 130 valence electrons. The van der Waals surface area contributed by atoms with E-state index in [1.54, 1.807) is 34.9 Å². The fourth-order valence-electron chi connectivity index (χ4n) is 2.60. The van der Waals surface area contributed by atoms with Crippen molar-refractivity contribution in [2.45, 2.75) is 13.0 Å². The highest BCUT2D eigenvalue weighted by Gasteiger charge is 2.15. The lowest BCUT2D eigenvalue weighted by Gasteiger charge is -2.06. The third-order valence-electron chi connectivity index (χ3n) is 3.87. The minimum atomic E-state index is -0.235. The van der Waals surface area contributed by atoms with Crippen molar-refractivity contribution in [1.29, 1.82) is 0 Å². The van der Waals surface area contributed by atoms with Crippen LogP contribution in [0.5, 0.6) is 0 Å². The van der Waals surface area contributed by atoms with Crippen LogP contribution in [-0.4, -0.2) is 38.7 Å². The Bertz CT molecular complexity index is 890. The minimum Gasteiger partial charge on any atom is -0.396 e. The van der Waals surface area contributed by atoms with E-state index in [1.807, 2.05) is 12.1 Å². The Kier molecular flexibility index (Phi) is 5.33. The maximum absolute atomic E-state index is 12.2. The quantitative estimate of drug-likeness (QED) is 0.589. The monoisotopic (exact) mass is 359 g/mol. The molecular formula is C18H18ClN3O3. The van der Waals surface area contributed by atoms with E-state index in [2.05, 4.69) is 10.3 Å². The van der Waals surface area contributed by atoms with Gasteiger partial charge in [-0.05, 0) is 30.7 Å². The predicted molar refractivity (Wildman–Crippen MR) is 95.6 cm³/mol. The molecule has 0 fully saturated rings. The molecule has 2 heterocycles. The number of nitrogens with zero attached hydrogens (tertiary/aromatic N) is 2. The van der Waals surface area contributed by atoms with E-state index in [9.17, 15) is 9.90 Å². The van der Waals surface area contributed by atoms with Gasteiger partial charge in [-0.3, -0.25) is 4.79 Å². The van der Waals surface area contributed by atoms with E-state index in [0.717, 1.165) is 5.56 Å². The number of rotatable bonds is 6. The zero-order valence-corrected chi connectivity index (χ0v) is 14.2. The van der Waals surface area contributed by atoms with E-state index in [4.69, 9.17) is 16.7 Å². The highest BCUT2D eigenvalue weighted by atomic mass is 35.5. The summed E-state index contributed by atoms with van der Waals surface area (Å²) in [6, 6.07) is 10.6. The molecule has 0 aliphatic heterocycles. The maximum Gasteiger partial charge on any atom is 0.252 e.